The van der Waals surface area contributed by atoms with Gasteiger partial charge in [0, 0.05) is 19.6 Å². The van der Waals surface area contributed by atoms with Crippen molar-refractivity contribution in [3.8, 4) is 12.3 Å². The molecule has 0 aliphatic rings. The molecule has 0 aromatic carbocycles. The van der Waals surface area contributed by atoms with Gasteiger partial charge in [0.05, 0.1) is 0 Å². The van der Waals surface area contributed by atoms with Crippen LogP contribution in [0.1, 0.15) is 39.0 Å². The van der Waals surface area contributed by atoms with E-state index in [0.717, 1.165) is 45.6 Å². The molecule has 0 aliphatic carbocycles. The summed E-state index contributed by atoms with van der Waals surface area (Å²) in [5.74, 6) is 2.63. The van der Waals surface area contributed by atoms with Crippen LogP contribution in [0.15, 0.2) is 0 Å². The van der Waals surface area contributed by atoms with Gasteiger partial charge >= 0.3 is 0 Å². The fourth-order valence-corrected chi connectivity index (χ4v) is 1.09. The van der Waals surface area contributed by atoms with Gasteiger partial charge < -0.3 is 10.1 Å². The molecule has 0 aromatic rings. The minimum absolute atomic E-state index is 0.875. The normalized spacial score (nSPS) is 10.0. The second-order valence-electron chi connectivity index (χ2n) is 3.38. The molecule has 0 fully saturated rings. The minimum atomic E-state index is 0.875. The van der Waals surface area contributed by atoms with Gasteiger partial charge in [-0.2, -0.15) is 0 Å². The summed E-state index contributed by atoms with van der Waals surface area (Å²) >= 11 is 0. The summed E-state index contributed by atoms with van der Waals surface area (Å²) in [5.41, 5.74) is 0. The van der Waals surface area contributed by atoms with Gasteiger partial charge in [0.15, 0.2) is 0 Å². The van der Waals surface area contributed by atoms with E-state index in [-0.39, 0.29) is 0 Å². The lowest BCUT2D eigenvalue weighted by atomic mass is 10.3. The van der Waals surface area contributed by atoms with E-state index in [1.54, 1.807) is 0 Å². The van der Waals surface area contributed by atoms with Gasteiger partial charge in [-0.15, -0.1) is 12.3 Å². The molecule has 0 aliphatic heterocycles. The molecule has 0 amide bonds. The molecule has 14 heavy (non-hydrogen) atoms. The fourth-order valence-electron chi connectivity index (χ4n) is 1.09. The Morgan fingerprint density at radius 3 is 2.57 bits per heavy atom. The second-order valence-corrected chi connectivity index (χ2v) is 3.38. The van der Waals surface area contributed by atoms with Crippen molar-refractivity contribution < 1.29 is 4.74 Å². The highest BCUT2D eigenvalue weighted by molar-refractivity contribution is 4.83. The lowest BCUT2D eigenvalue weighted by molar-refractivity contribution is 0.129. The van der Waals surface area contributed by atoms with E-state index in [1.807, 2.05) is 0 Å². The van der Waals surface area contributed by atoms with Crippen LogP contribution in [-0.2, 0) is 4.74 Å². The Morgan fingerprint density at radius 1 is 1.14 bits per heavy atom. The smallest absolute Gasteiger partial charge is 0.0478 e. The SMILES string of the molecule is C#CCCCNCCCOCCCC. The Bertz CT molecular complexity index is 140. The summed E-state index contributed by atoms with van der Waals surface area (Å²) < 4.78 is 5.43. The third-order valence-corrected chi connectivity index (χ3v) is 1.96. The molecule has 2 heteroatoms. The maximum Gasteiger partial charge on any atom is 0.0478 e. The third kappa shape index (κ3) is 11.5. The Labute approximate surface area is 88.4 Å². The van der Waals surface area contributed by atoms with Crippen molar-refractivity contribution in [1.82, 2.24) is 5.32 Å². The molecule has 0 spiro atoms. The van der Waals surface area contributed by atoms with Crippen LogP contribution < -0.4 is 5.32 Å². The van der Waals surface area contributed by atoms with Gasteiger partial charge in [-0.1, -0.05) is 13.3 Å². The highest BCUT2D eigenvalue weighted by atomic mass is 16.5. The average molecular weight is 197 g/mol. The first-order valence-electron chi connectivity index (χ1n) is 5.63. The number of hydrogen-bond acceptors (Lipinski definition) is 2. The van der Waals surface area contributed by atoms with Gasteiger partial charge in [0.2, 0.25) is 0 Å². The molecule has 0 saturated carbocycles. The van der Waals surface area contributed by atoms with Crippen molar-refractivity contribution in [2.75, 3.05) is 26.3 Å². The van der Waals surface area contributed by atoms with Crippen molar-refractivity contribution in [3.05, 3.63) is 0 Å². The summed E-state index contributed by atoms with van der Waals surface area (Å²) in [7, 11) is 0. The zero-order chi connectivity index (χ0) is 10.5. The predicted octanol–water partition coefficient (Wildman–Crippen LogP) is 2.20. The second kappa shape index (κ2) is 12.5. The number of rotatable bonds is 10. The van der Waals surface area contributed by atoms with Crippen molar-refractivity contribution >= 4 is 0 Å². The van der Waals surface area contributed by atoms with Crippen LogP contribution in [0.25, 0.3) is 0 Å². The first kappa shape index (κ1) is 13.5. The van der Waals surface area contributed by atoms with Crippen molar-refractivity contribution in [2.24, 2.45) is 0 Å². The quantitative estimate of drug-likeness (QED) is 0.428. The van der Waals surface area contributed by atoms with E-state index in [1.165, 1.54) is 12.8 Å². The molecule has 1 N–H and O–H groups in total. The molecule has 82 valence electrons. The lowest BCUT2D eigenvalue weighted by Gasteiger charge is -2.04. The standard InChI is InChI=1S/C12H23NO/c1-3-5-7-9-13-10-8-12-14-11-6-4-2/h1,13H,4-12H2,2H3. The van der Waals surface area contributed by atoms with Gasteiger partial charge in [-0.3, -0.25) is 0 Å². The van der Waals surface area contributed by atoms with Crippen molar-refractivity contribution in [1.29, 1.82) is 0 Å². The van der Waals surface area contributed by atoms with Gasteiger partial charge in [0.1, 0.15) is 0 Å². The molecule has 0 rings (SSSR count). The molecule has 0 radical (unpaired) electrons. The topological polar surface area (TPSA) is 21.3 Å². The predicted molar refractivity (Wildman–Crippen MR) is 61.3 cm³/mol. The summed E-state index contributed by atoms with van der Waals surface area (Å²) in [6.07, 6.45) is 10.6. The zero-order valence-electron chi connectivity index (χ0n) is 9.35. The molecule has 0 atom stereocenters. The van der Waals surface area contributed by atoms with Crippen molar-refractivity contribution in [3.63, 3.8) is 0 Å². The molecule has 2 nitrogen and oxygen atoms in total. The van der Waals surface area contributed by atoms with Crippen LogP contribution in [-0.4, -0.2) is 26.3 Å². The zero-order valence-corrected chi connectivity index (χ0v) is 9.35. The van der Waals surface area contributed by atoms with Crippen LogP contribution in [0.2, 0.25) is 0 Å². The first-order chi connectivity index (χ1) is 6.91. The number of ether oxygens (including phenoxy) is 1. The fraction of sp³-hybridized carbons (Fsp3) is 0.833. The number of hydrogen-bond donors (Lipinski definition) is 1. The number of nitrogens with one attached hydrogen (secondary N) is 1. The summed E-state index contributed by atoms with van der Waals surface area (Å²) in [6.45, 7) is 6.03. The molecule has 0 heterocycles. The molecule has 0 aromatic heterocycles. The maximum atomic E-state index is 5.43. The molecule has 0 unspecified atom stereocenters. The van der Waals surface area contributed by atoms with E-state index in [2.05, 4.69) is 18.2 Å². The highest BCUT2D eigenvalue weighted by Gasteiger charge is 1.89. The summed E-state index contributed by atoms with van der Waals surface area (Å²) in [6, 6.07) is 0. The highest BCUT2D eigenvalue weighted by Crippen LogP contribution is 1.89. The van der Waals surface area contributed by atoms with E-state index < -0.39 is 0 Å². The molecular formula is C12H23NO. The van der Waals surface area contributed by atoms with E-state index in [4.69, 9.17) is 11.2 Å². The van der Waals surface area contributed by atoms with Gasteiger partial charge in [-0.05, 0) is 32.4 Å². The van der Waals surface area contributed by atoms with E-state index in [9.17, 15) is 0 Å². The van der Waals surface area contributed by atoms with Crippen LogP contribution >= 0.6 is 0 Å². The third-order valence-electron chi connectivity index (χ3n) is 1.96. The first-order valence-corrected chi connectivity index (χ1v) is 5.63. The summed E-state index contributed by atoms with van der Waals surface area (Å²) in [5, 5.41) is 3.34. The molecule has 0 saturated heterocycles. The largest absolute Gasteiger partial charge is 0.381 e. The number of unbranched alkanes of at least 4 members (excludes halogenated alkanes) is 2. The average Bonchev–Trinajstić information content (AvgIpc) is 2.21. The summed E-state index contributed by atoms with van der Waals surface area (Å²) in [4.78, 5) is 0. The van der Waals surface area contributed by atoms with Crippen LogP contribution in [0.3, 0.4) is 0 Å². The van der Waals surface area contributed by atoms with Crippen LogP contribution in [0.4, 0.5) is 0 Å². The van der Waals surface area contributed by atoms with E-state index >= 15 is 0 Å². The van der Waals surface area contributed by atoms with Crippen LogP contribution in [0, 0.1) is 12.3 Å². The Kier molecular flexibility index (Phi) is 12.0. The van der Waals surface area contributed by atoms with E-state index in [0.29, 0.717) is 0 Å². The van der Waals surface area contributed by atoms with Crippen LogP contribution in [0.5, 0.6) is 0 Å². The maximum absolute atomic E-state index is 5.43. The molecular weight excluding hydrogens is 174 g/mol. The van der Waals surface area contributed by atoms with Crippen molar-refractivity contribution in [2.45, 2.75) is 39.0 Å². The Hall–Kier alpha value is -0.520. The number of terminal acetylenes is 1. The van der Waals surface area contributed by atoms with Gasteiger partial charge in [-0.25, -0.2) is 0 Å². The Balaban J connectivity index is 2.82. The lowest BCUT2D eigenvalue weighted by Crippen LogP contribution is -2.18. The minimum Gasteiger partial charge on any atom is -0.381 e. The Morgan fingerprint density at radius 2 is 1.86 bits per heavy atom. The van der Waals surface area contributed by atoms with Gasteiger partial charge in [0.25, 0.3) is 0 Å². The monoisotopic (exact) mass is 197 g/mol. The molecule has 0 bridgehead atoms.